The first-order valence-electron chi connectivity index (χ1n) is 6.24. The standard InChI is InChI=1S/C12H20N4OS/c1-3-5-6-8(4-2)12(17)15-11-9(10(13)18)7-14-16-11/h7-8H,3-6H2,1-2H3,(H2,13,18)(H2,14,15,16,17). The lowest BCUT2D eigenvalue weighted by atomic mass is 9.98. The van der Waals surface area contributed by atoms with Crippen molar-refractivity contribution in [3.63, 3.8) is 0 Å². The van der Waals surface area contributed by atoms with Gasteiger partial charge in [0.25, 0.3) is 0 Å². The van der Waals surface area contributed by atoms with Crippen molar-refractivity contribution in [1.82, 2.24) is 10.2 Å². The van der Waals surface area contributed by atoms with E-state index < -0.39 is 0 Å². The van der Waals surface area contributed by atoms with Crippen LogP contribution in [0.2, 0.25) is 0 Å². The van der Waals surface area contributed by atoms with E-state index >= 15 is 0 Å². The zero-order chi connectivity index (χ0) is 13.5. The minimum atomic E-state index is -0.00676. The van der Waals surface area contributed by atoms with E-state index in [1.54, 1.807) is 0 Å². The first-order valence-corrected chi connectivity index (χ1v) is 6.65. The average Bonchev–Trinajstić information content (AvgIpc) is 2.78. The van der Waals surface area contributed by atoms with Crippen molar-refractivity contribution >= 4 is 28.9 Å². The molecule has 0 saturated heterocycles. The van der Waals surface area contributed by atoms with Crippen LogP contribution in [0.5, 0.6) is 0 Å². The van der Waals surface area contributed by atoms with Crippen LogP contribution in [-0.4, -0.2) is 21.1 Å². The molecule has 1 unspecified atom stereocenters. The molecule has 1 heterocycles. The fraction of sp³-hybridized carbons (Fsp3) is 0.583. The minimum Gasteiger partial charge on any atom is -0.389 e. The van der Waals surface area contributed by atoms with Gasteiger partial charge in [-0.15, -0.1) is 0 Å². The maximum Gasteiger partial charge on any atom is 0.228 e. The van der Waals surface area contributed by atoms with Crippen molar-refractivity contribution in [3.05, 3.63) is 11.8 Å². The van der Waals surface area contributed by atoms with E-state index in [0.717, 1.165) is 25.7 Å². The summed E-state index contributed by atoms with van der Waals surface area (Å²) in [4.78, 5) is 12.3. The molecule has 0 aliphatic carbocycles. The molecule has 0 aliphatic heterocycles. The fourth-order valence-corrected chi connectivity index (χ4v) is 1.92. The molecule has 1 rings (SSSR count). The molecule has 4 N–H and O–H groups in total. The number of nitrogens with zero attached hydrogens (tertiary/aromatic N) is 1. The number of hydrogen-bond acceptors (Lipinski definition) is 3. The highest BCUT2D eigenvalue weighted by atomic mass is 32.1. The summed E-state index contributed by atoms with van der Waals surface area (Å²) in [6.07, 6.45) is 5.38. The minimum absolute atomic E-state index is 0.00676. The lowest BCUT2D eigenvalue weighted by Crippen LogP contribution is -2.24. The molecule has 0 bridgehead atoms. The predicted octanol–water partition coefficient (Wildman–Crippen LogP) is 2.20. The number of amides is 1. The molecule has 0 fully saturated rings. The molecule has 0 radical (unpaired) electrons. The molecular formula is C12H20N4OS. The Bertz CT molecular complexity index is 416. The van der Waals surface area contributed by atoms with Crippen molar-refractivity contribution in [2.75, 3.05) is 5.32 Å². The number of carbonyl (C=O) groups is 1. The van der Waals surface area contributed by atoms with Crippen LogP contribution in [0.4, 0.5) is 5.82 Å². The van der Waals surface area contributed by atoms with Crippen molar-refractivity contribution in [2.24, 2.45) is 11.7 Å². The number of nitrogens with one attached hydrogen (secondary N) is 2. The second-order valence-electron chi connectivity index (χ2n) is 4.26. The summed E-state index contributed by atoms with van der Waals surface area (Å²) in [6.45, 7) is 4.13. The second kappa shape index (κ2) is 7.10. The summed E-state index contributed by atoms with van der Waals surface area (Å²) < 4.78 is 0. The Morgan fingerprint density at radius 3 is 2.89 bits per heavy atom. The van der Waals surface area contributed by atoms with Crippen molar-refractivity contribution in [2.45, 2.75) is 39.5 Å². The summed E-state index contributed by atoms with van der Waals surface area (Å²) in [7, 11) is 0. The first-order chi connectivity index (χ1) is 8.60. The van der Waals surface area contributed by atoms with Crippen LogP contribution in [0.15, 0.2) is 6.20 Å². The molecule has 18 heavy (non-hydrogen) atoms. The third kappa shape index (κ3) is 3.80. The van der Waals surface area contributed by atoms with Gasteiger partial charge >= 0.3 is 0 Å². The quantitative estimate of drug-likeness (QED) is 0.662. The summed E-state index contributed by atoms with van der Waals surface area (Å²) >= 11 is 4.89. The van der Waals surface area contributed by atoms with Crippen LogP contribution in [0.3, 0.4) is 0 Å². The van der Waals surface area contributed by atoms with Gasteiger partial charge in [0.05, 0.1) is 11.8 Å². The van der Waals surface area contributed by atoms with Crippen LogP contribution in [0, 0.1) is 5.92 Å². The third-order valence-electron chi connectivity index (χ3n) is 2.92. The highest BCUT2D eigenvalue weighted by molar-refractivity contribution is 7.80. The molecule has 1 aromatic rings. The lowest BCUT2D eigenvalue weighted by Gasteiger charge is -2.14. The Hall–Kier alpha value is -1.43. The summed E-state index contributed by atoms with van der Waals surface area (Å²) in [5.41, 5.74) is 6.12. The molecule has 6 heteroatoms. The third-order valence-corrected chi connectivity index (χ3v) is 3.14. The summed E-state index contributed by atoms with van der Waals surface area (Å²) in [5, 5.41) is 9.35. The maximum absolute atomic E-state index is 12.1. The Morgan fingerprint density at radius 1 is 1.61 bits per heavy atom. The molecule has 0 spiro atoms. The average molecular weight is 268 g/mol. The zero-order valence-corrected chi connectivity index (χ0v) is 11.6. The number of H-pyrrole nitrogens is 1. The SMILES string of the molecule is CCCCC(CC)C(=O)Nc1[nH]ncc1C(N)=S. The van der Waals surface area contributed by atoms with Crippen LogP contribution in [0.1, 0.15) is 45.1 Å². The highest BCUT2D eigenvalue weighted by Crippen LogP contribution is 2.17. The first kappa shape index (κ1) is 14.6. The van der Waals surface area contributed by atoms with E-state index in [4.69, 9.17) is 18.0 Å². The molecule has 5 nitrogen and oxygen atoms in total. The maximum atomic E-state index is 12.1. The van der Waals surface area contributed by atoms with Gasteiger partial charge in [-0.2, -0.15) is 5.10 Å². The predicted molar refractivity (Wildman–Crippen MR) is 76.4 cm³/mol. The van der Waals surface area contributed by atoms with Crippen LogP contribution in [0.25, 0.3) is 0 Å². The largest absolute Gasteiger partial charge is 0.389 e. The van der Waals surface area contributed by atoms with E-state index in [-0.39, 0.29) is 16.8 Å². The van der Waals surface area contributed by atoms with Gasteiger partial charge in [-0.05, 0) is 12.8 Å². The number of anilines is 1. The van der Waals surface area contributed by atoms with Gasteiger partial charge < -0.3 is 11.1 Å². The van der Waals surface area contributed by atoms with E-state index in [9.17, 15) is 4.79 Å². The van der Waals surface area contributed by atoms with Crippen molar-refractivity contribution in [1.29, 1.82) is 0 Å². The number of rotatable bonds is 7. The molecule has 0 saturated carbocycles. The fourth-order valence-electron chi connectivity index (χ4n) is 1.76. The van der Waals surface area contributed by atoms with Gasteiger partial charge in [0.2, 0.25) is 5.91 Å². The number of aromatic nitrogens is 2. The smallest absolute Gasteiger partial charge is 0.228 e. The van der Waals surface area contributed by atoms with Crippen LogP contribution in [-0.2, 0) is 4.79 Å². The monoisotopic (exact) mass is 268 g/mol. The lowest BCUT2D eigenvalue weighted by molar-refractivity contribution is -0.120. The van der Waals surface area contributed by atoms with Crippen LogP contribution >= 0.6 is 12.2 Å². The molecule has 1 amide bonds. The number of aromatic amines is 1. The molecule has 1 aromatic heterocycles. The van der Waals surface area contributed by atoms with Gasteiger partial charge in [0.15, 0.2) is 0 Å². The Kier molecular flexibility index (Phi) is 5.77. The highest BCUT2D eigenvalue weighted by Gasteiger charge is 2.18. The van der Waals surface area contributed by atoms with Gasteiger partial charge in [0, 0.05) is 5.92 Å². The van der Waals surface area contributed by atoms with E-state index in [0.29, 0.717) is 11.4 Å². The van der Waals surface area contributed by atoms with Crippen LogP contribution < -0.4 is 11.1 Å². The van der Waals surface area contributed by atoms with E-state index in [2.05, 4.69) is 22.4 Å². The summed E-state index contributed by atoms with van der Waals surface area (Å²) in [5.74, 6) is 0.502. The van der Waals surface area contributed by atoms with Gasteiger partial charge in [-0.3, -0.25) is 9.89 Å². The number of carbonyl (C=O) groups excluding carboxylic acids is 1. The number of thiocarbonyl (C=S) groups is 1. The molecular weight excluding hydrogens is 248 g/mol. The van der Waals surface area contributed by atoms with E-state index in [1.165, 1.54) is 6.20 Å². The number of nitrogens with two attached hydrogens (primary N) is 1. The van der Waals surface area contributed by atoms with Crippen molar-refractivity contribution in [3.8, 4) is 0 Å². The second-order valence-corrected chi connectivity index (χ2v) is 4.70. The Morgan fingerprint density at radius 2 is 2.33 bits per heavy atom. The zero-order valence-electron chi connectivity index (χ0n) is 10.8. The topological polar surface area (TPSA) is 83.8 Å². The molecule has 0 aromatic carbocycles. The van der Waals surface area contributed by atoms with Crippen molar-refractivity contribution < 1.29 is 4.79 Å². The molecule has 0 aliphatic rings. The Labute approximate surface area is 113 Å². The molecule has 100 valence electrons. The van der Waals surface area contributed by atoms with Gasteiger partial charge in [0.1, 0.15) is 10.8 Å². The number of hydrogen-bond donors (Lipinski definition) is 3. The molecule has 1 atom stereocenters. The Balaban J connectivity index is 2.67. The van der Waals surface area contributed by atoms with Gasteiger partial charge in [-0.1, -0.05) is 38.9 Å². The summed E-state index contributed by atoms with van der Waals surface area (Å²) in [6, 6.07) is 0. The number of unbranched alkanes of at least 4 members (excludes halogenated alkanes) is 1. The normalized spacial score (nSPS) is 12.1. The van der Waals surface area contributed by atoms with E-state index in [1.807, 2.05) is 6.92 Å². The van der Waals surface area contributed by atoms with Gasteiger partial charge in [-0.25, -0.2) is 0 Å².